The van der Waals surface area contributed by atoms with E-state index in [1.807, 2.05) is 0 Å². The van der Waals surface area contributed by atoms with Gasteiger partial charge in [-0.1, -0.05) is 12.2 Å². The van der Waals surface area contributed by atoms with Gasteiger partial charge < -0.3 is 10.5 Å². The minimum absolute atomic E-state index is 0.0865. The highest BCUT2D eigenvalue weighted by Gasteiger charge is 2.09. The average molecular weight is 251 g/mol. The molecule has 2 N–H and O–H groups in total. The zero-order chi connectivity index (χ0) is 12.4. The molecule has 0 aliphatic carbocycles. The molecular weight excluding hydrogens is 241 g/mol. The van der Waals surface area contributed by atoms with Crippen molar-refractivity contribution in [2.75, 3.05) is 0 Å². The summed E-state index contributed by atoms with van der Waals surface area (Å²) in [6, 6.07) is 4.01. The van der Waals surface area contributed by atoms with Crippen LogP contribution >= 0.6 is 12.2 Å². The van der Waals surface area contributed by atoms with E-state index >= 15 is 0 Å². The highest BCUT2D eigenvalue weighted by molar-refractivity contribution is 7.80. The van der Waals surface area contributed by atoms with E-state index in [-0.39, 0.29) is 4.99 Å². The lowest BCUT2D eigenvalue weighted by Crippen LogP contribution is -2.11. The number of hydrogen-bond acceptors (Lipinski definition) is 3. The van der Waals surface area contributed by atoms with Gasteiger partial charge in [0.1, 0.15) is 16.6 Å². The van der Waals surface area contributed by atoms with Gasteiger partial charge in [-0.3, -0.25) is 4.68 Å². The predicted octanol–water partition coefficient (Wildman–Crippen LogP) is 1.99. The summed E-state index contributed by atoms with van der Waals surface area (Å²) >= 11 is 4.84. The molecule has 2 rings (SSSR count). The van der Waals surface area contributed by atoms with E-state index in [1.165, 1.54) is 18.2 Å². The van der Waals surface area contributed by atoms with Crippen molar-refractivity contribution in [3.05, 3.63) is 42.0 Å². The third kappa shape index (κ3) is 2.59. The summed E-state index contributed by atoms with van der Waals surface area (Å²) in [5, 5.41) is 3.96. The molecule has 0 fully saturated rings. The van der Waals surface area contributed by atoms with Gasteiger partial charge in [0, 0.05) is 7.05 Å². The molecular formula is C11H10FN3OS. The zero-order valence-corrected chi connectivity index (χ0v) is 9.87. The van der Waals surface area contributed by atoms with Crippen molar-refractivity contribution in [3.8, 4) is 11.5 Å². The highest BCUT2D eigenvalue weighted by Crippen LogP contribution is 2.25. The minimum Gasteiger partial charge on any atom is -0.453 e. The molecule has 0 saturated heterocycles. The molecule has 1 heterocycles. The number of benzene rings is 1. The number of aryl methyl sites for hydroxylation is 1. The normalized spacial score (nSPS) is 10.2. The number of halogens is 1. The summed E-state index contributed by atoms with van der Waals surface area (Å²) in [6.07, 6.45) is 3.24. The van der Waals surface area contributed by atoms with Gasteiger partial charge in [-0.25, -0.2) is 4.39 Å². The van der Waals surface area contributed by atoms with Crippen LogP contribution in [0.25, 0.3) is 0 Å². The number of hydrogen-bond donors (Lipinski definition) is 1. The lowest BCUT2D eigenvalue weighted by molar-refractivity contribution is 0.479. The maximum Gasteiger partial charge on any atom is 0.165 e. The van der Waals surface area contributed by atoms with Crippen LogP contribution in [0.4, 0.5) is 4.39 Å². The molecule has 0 amide bonds. The molecule has 0 bridgehead atoms. The third-order valence-corrected chi connectivity index (χ3v) is 2.34. The quantitative estimate of drug-likeness (QED) is 0.847. The van der Waals surface area contributed by atoms with Crippen molar-refractivity contribution in [2.24, 2.45) is 12.8 Å². The molecule has 1 aromatic carbocycles. The van der Waals surface area contributed by atoms with Gasteiger partial charge >= 0.3 is 0 Å². The first-order valence-electron chi connectivity index (χ1n) is 4.82. The topological polar surface area (TPSA) is 53.1 Å². The van der Waals surface area contributed by atoms with Crippen LogP contribution in [0.3, 0.4) is 0 Å². The monoisotopic (exact) mass is 251 g/mol. The molecule has 2 aromatic rings. The second-order valence-corrected chi connectivity index (χ2v) is 3.90. The average Bonchev–Trinajstić information content (AvgIpc) is 2.66. The van der Waals surface area contributed by atoms with E-state index in [9.17, 15) is 4.39 Å². The lowest BCUT2D eigenvalue weighted by atomic mass is 10.2. The third-order valence-electron chi connectivity index (χ3n) is 2.12. The van der Waals surface area contributed by atoms with E-state index in [4.69, 9.17) is 22.7 Å². The van der Waals surface area contributed by atoms with Gasteiger partial charge in [0.25, 0.3) is 0 Å². The van der Waals surface area contributed by atoms with Crippen molar-refractivity contribution in [1.82, 2.24) is 9.78 Å². The standard InChI is InChI=1S/C11H10FN3OS/c1-15-6-8(5-14-15)16-10-3-2-7(12)4-9(10)11(13)17/h2-6H,1H3,(H2,13,17). The van der Waals surface area contributed by atoms with Crippen LogP contribution in [0.1, 0.15) is 5.56 Å². The number of nitrogens with zero attached hydrogens (tertiary/aromatic N) is 2. The first-order chi connectivity index (χ1) is 8.06. The van der Waals surface area contributed by atoms with Crippen LogP contribution in [0.5, 0.6) is 11.5 Å². The molecule has 0 unspecified atom stereocenters. The molecule has 1 aromatic heterocycles. The Morgan fingerprint density at radius 3 is 2.88 bits per heavy atom. The molecule has 0 aliphatic rings. The maximum absolute atomic E-state index is 13.1. The second-order valence-electron chi connectivity index (χ2n) is 3.46. The zero-order valence-electron chi connectivity index (χ0n) is 9.05. The van der Waals surface area contributed by atoms with Crippen LogP contribution in [0, 0.1) is 5.82 Å². The molecule has 0 spiro atoms. The van der Waals surface area contributed by atoms with E-state index in [0.29, 0.717) is 17.1 Å². The van der Waals surface area contributed by atoms with Crippen molar-refractivity contribution in [3.63, 3.8) is 0 Å². The van der Waals surface area contributed by atoms with Gasteiger partial charge in [-0.05, 0) is 18.2 Å². The van der Waals surface area contributed by atoms with Crippen molar-refractivity contribution in [1.29, 1.82) is 0 Å². The van der Waals surface area contributed by atoms with Crippen LogP contribution < -0.4 is 10.5 Å². The molecule has 4 nitrogen and oxygen atoms in total. The summed E-state index contributed by atoms with van der Waals surface area (Å²) in [7, 11) is 1.77. The number of thiocarbonyl (C=S) groups is 1. The molecule has 6 heteroatoms. The Morgan fingerprint density at radius 2 is 2.29 bits per heavy atom. The SMILES string of the molecule is Cn1cc(Oc2ccc(F)cc2C(N)=S)cn1. The molecule has 0 atom stereocenters. The van der Waals surface area contributed by atoms with Crippen molar-refractivity contribution in [2.45, 2.75) is 0 Å². The van der Waals surface area contributed by atoms with E-state index < -0.39 is 5.82 Å². The molecule has 0 aliphatic heterocycles. The summed E-state index contributed by atoms with van der Waals surface area (Å²) in [5.41, 5.74) is 5.87. The van der Waals surface area contributed by atoms with Crippen molar-refractivity contribution < 1.29 is 9.13 Å². The number of nitrogens with two attached hydrogens (primary N) is 1. The van der Waals surface area contributed by atoms with Crippen LogP contribution in [0.2, 0.25) is 0 Å². The molecule has 0 radical (unpaired) electrons. The summed E-state index contributed by atoms with van der Waals surface area (Å²) in [5.74, 6) is 0.537. The fraction of sp³-hybridized carbons (Fsp3) is 0.0909. The van der Waals surface area contributed by atoms with E-state index in [2.05, 4.69) is 5.10 Å². The molecule has 0 saturated carbocycles. The van der Waals surface area contributed by atoms with Gasteiger partial charge in [-0.15, -0.1) is 0 Å². The minimum atomic E-state index is -0.411. The maximum atomic E-state index is 13.1. The predicted molar refractivity (Wildman–Crippen MR) is 65.6 cm³/mol. The number of rotatable bonds is 3. The lowest BCUT2D eigenvalue weighted by Gasteiger charge is -2.08. The number of ether oxygens (including phenoxy) is 1. The van der Waals surface area contributed by atoms with E-state index in [1.54, 1.807) is 24.1 Å². The Kier molecular flexibility index (Phi) is 3.06. The van der Waals surface area contributed by atoms with E-state index in [0.717, 1.165) is 0 Å². The Labute approximate surface area is 103 Å². The number of aromatic nitrogens is 2. The molecule has 88 valence electrons. The fourth-order valence-electron chi connectivity index (χ4n) is 1.36. The van der Waals surface area contributed by atoms with Gasteiger partial charge in [0.15, 0.2) is 5.75 Å². The first kappa shape index (κ1) is 11.5. The smallest absolute Gasteiger partial charge is 0.165 e. The highest BCUT2D eigenvalue weighted by atomic mass is 32.1. The fourth-order valence-corrected chi connectivity index (χ4v) is 1.52. The Hall–Kier alpha value is -1.95. The second kappa shape index (κ2) is 4.50. The Balaban J connectivity index is 2.35. The Bertz CT molecular complexity index is 568. The van der Waals surface area contributed by atoms with Gasteiger partial charge in [0.2, 0.25) is 0 Å². The first-order valence-corrected chi connectivity index (χ1v) is 5.23. The Morgan fingerprint density at radius 1 is 1.53 bits per heavy atom. The van der Waals surface area contributed by atoms with Gasteiger partial charge in [0.05, 0.1) is 18.0 Å². The summed E-state index contributed by atoms with van der Waals surface area (Å²) in [6.45, 7) is 0. The summed E-state index contributed by atoms with van der Waals surface area (Å²) in [4.78, 5) is 0.0865. The molecule has 17 heavy (non-hydrogen) atoms. The van der Waals surface area contributed by atoms with Crippen LogP contribution in [-0.2, 0) is 7.05 Å². The van der Waals surface area contributed by atoms with Gasteiger partial charge in [-0.2, -0.15) is 5.10 Å². The largest absolute Gasteiger partial charge is 0.453 e. The summed E-state index contributed by atoms with van der Waals surface area (Å²) < 4.78 is 20.2. The van der Waals surface area contributed by atoms with Crippen molar-refractivity contribution >= 4 is 17.2 Å². The van der Waals surface area contributed by atoms with Crippen LogP contribution in [0.15, 0.2) is 30.6 Å². The van der Waals surface area contributed by atoms with Crippen LogP contribution in [-0.4, -0.2) is 14.8 Å².